The molecule has 0 spiro atoms. The van der Waals surface area contributed by atoms with Gasteiger partial charge in [0.05, 0.1) is 8.68 Å². The van der Waals surface area contributed by atoms with Crippen LogP contribution in [0.5, 0.6) is 0 Å². The number of thiophene rings is 1. The number of aryl methyl sites for hydroxylation is 1. The summed E-state index contributed by atoms with van der Waals surface area (Å²) >= 11 is 4.86. The van der Waals surface area contributed by atoms with E-state index in [1.165, 1.54) is 30.6 Å². The molecular weight excluding hydrogens is 334 g/mol. The number of nitrogens with zero attached hydrogens (tertiary/aromatic N) is 1. The Labute approximate surface area is 120 Å². The van der Waals surface area contributed by atoms with Gasteiger partial charge >= 0.3 is 0 Å². The lowest BCUT2D eigenvalue weighted by Gasteiger charge is -2.16. The van der Waals surface area contributed by atoms with Gasteiger partial charge in [-0.1, -0.05) is 6.42 Å². The second-order valence-electron chi connectivity index (χ2n) is 5.24. The van der Waals surface area contributed by atoms with Gasteiger partial charge in [0.2, 0.25) is 10.0 Å². The topological polar surface area (TPSA) is 37.4 Å². The molecule has 0 radical (unpaired) electrons. The summed E-state index contributed by atoms with van der Waals surface area (Å²) in [7, 11) is -3.28. The molecule has 0 N–H and O–H groups in total. The molecule has 1 aliphatic heterocycles. The smallest absolute Gasteiger partial charge is 0.207 e. The molecule has 100 valence electrons. The molecule has 1 saturated heterocycles. The van der Waals surface area contributed by atoms with E-state index in [2.05, 4.69) is 15.9 Å². The number of fused-ring (bicyclic) bond motifs is 1. The minimum atomic E-state index is -3.28. The fourth-order valence-electron chi connectivity index (χ4n) is 3.21. The summed E-state index contributed by atoms with van der Waals surface area (Å²) in [5.74, 6) is 1.20. The molecular formula is C12H16BrNO2S2. The maximum absolute atomic E-state index is 12.6. The predicted octanol–water partition coefficient (Wildman–Crippen LogP) is 3.24. The number of rotatable bonds is 2. The van der Waals surface area contributed by atoms with E-state index in [1.807, 2.05) is 6.92 Å². The van der Waals surface area contributed by atoms with Gasteiger partial charge in [0, 0.05) is 18.0 Å². The Morgan fingerprint density at radius 2 is 1.94 bits per heavy atom. The molecule has 0 amide bonds. The van der Waals surface area contributed by atoms with Gasteiger partial charge in [-0.25, -0.2) is 8.42 Å². The minimum absolute atomic E-state index is 0.486. The standard InChI is InChI=1S/C12H16BrNO2S2/c1-8-11(5-12(13)17-8)18(15,16)14-6-9-3-2-4-10(9)7-14/h5,9-10H,2-4,6-7H2,1H3. The summed E-state index contributed by atoms with van der Waals surface area (Å²) in [5.41, 5.74) is 0. The summed E-state index contributed by atoms with van der Waals surface area (Å²) in [5, 5.41) is 0. The zero-order valence-corrected chi connectivity index (χ0v) is 13.4. The van der Waals surface area contributed by atoms with Gasteiger partial charge in [0.15, 0.2) is 0 Å². The molecule has 2 aliphatic rings. The van der Waals surface area contributed by atoms with Gasteiger partial charge in [-0.3, -0.25) is 0 Å². The molecule has 1 aromatic heterocycles. The predicted molar refractivity (Wildman–Crippen MR) is 76.3 cm³/mol. The molecule has 1 aliphatic carbocycles. The van der Waals surface area contributed by atoms with Crippen LogP contribution in [0.1, 0.15) is 24.1 Å². The minimum Gasteiger partial charge on any atom is -0.207 e. The highest BCUT2D eigenvalue weighted by Crippen LogP contribution is 2.41. The lowest BCUT2D eigenvalue weighted by atomic mass is 10.0. The van der Waals surface area contributed by atoms with Crippen molar-refractivity contribution >= 4 is 37.3 Å². The molecule has 3 nitrogen and oxygen atoms in total. The quantitative estimate of drug-likeness (QED) is 0.821. The van der Waals surface area contributed by atoms with Crippen molar-refractivity contribution in [1.82, 2.24) is 4.31 Å². The Balaban J connectivity index is 1.90. The van der Waals surface area contributed by atoms with E-state index in [0.29, 0.717) is 16.7 Å². The van der Waals surface area contributed by atoms with Crippen LogP contribution < -0.4 is 0 Å². The zero-order valence-electron chi connectivity index (χ0n) is 10.2. The van der Waals surface area contributed by atoms with Crippen LogP contribution in [0.25, 0.3) is 0 Å². The average molecular weight is 350 g/mol. The van der Waals surface area contributed by atoms with Gasteiger partial charge < -0.3 is 0 Å². The van der Waals surface area contributed by atoms with E-state index in [9.17, 15) is 8.42 Å². The molecule has 2 unspecified atom stereocenters. The average Bonchev–Trinajstić information content (AvgIpc) is 2.90. The van der Waals surface area contributed by atoms with Crippen LogP contribution in [0.2, 0.25) is 0 Å². The Kier molecular flexibility index (Phi) is 3.33. The summed E-state index contributed by atoms with van der Waals surface area (Å²) in [6, 6.07) is 1.74. The monoisotopic (exact) mass is 349 g/mol. The Hall–Kier alpha value is 0.0900. The van der Waals surface area contributed by atoms with E-state index in [1.54, 1.807) is 10.4 Å². The first-order chi connectivity index (χ1) is 8.48. The van der Waals surface area contributed by atoms with E-state index >= 15 is 0 Å². The van der Waals surface area contributed by atoms with E-state index in [4.69, 9.17) is 0 Å². The molecule has 2 heterocycles. The largest absolute Gasteiger partial charge is 0.244 e. The van der Waals surface area contributed by atoms with Gasteiger partial charge in [0.25, 0.3) is 0 Å². The molecule has 18 heavy (non-hydrogen) atoms. The molecule has 1 aromatic rings. The van der Waals surface area contributed by atoms with Crippen molar-refractivity contribution in [3.63, 3.8) is 0 Å². The van der Waals surface area contributed by atoms with Crippen LogP contribution in [0.3, 0.4) is 0 Å². The van der Waals surface area contributed by atoms with Crippen LogP contribution in [0.15, 0.2) is 14.7 Å². The molecule has 3 rings (SSSR count). The lowest BCUT2D eigenvalue weighted by molar-refractivity contribution is 0.445. The first kappa shape index (κ1) is 13.1. The number of sulfonamides is 1. The van der Waals surface area contributed by atoms with Crippen LogP contribution >= 0.6 is 27.3 Å². The highest BCUT2D eigenvalue weighted by atomic mass is 79.9. The number of hydrogen-bond donors (Lipinski definition) is 0. The second kappa shape index (κ2) is 4.58. The summed E-state index contributed by atoms with van der Waals surface area (Å²) in [4.78, 5) is 1.36. The third-order valence-corrected chi connectivity index (χ3v) is 7.79. The molecule has 2 atom stereocenters. The molecule has 6 heteroatoms. The van der Waals surface area contributed by atoms with E-state index in [-0.39, 0.29) is 0 Å². The van der Waals surface area contributed by atoms with Crippen LogP contribution in [0, 0.1) is 18.8 Å². The van der Waals surface area contributed by atoms with Crippen LogP contribution in [-0.2, 0) is 10.0 Å². The highest BCUT2D eigenvalue weighted by molar-refractivity contribution is 9.11. The lowest BCUT2D eigenvalue weighted by Crippen LogP contribution is -2.29. The van der Waals surface area contributed by atoms with Gasteiger partial charge in [-0.05, 0) is 53.6 Å². The van der Waals surface area contributed by atoms with E-state index in [0.717, 1.165) is 21.8 Å². The van der Waals surface area contributed by atoms with E-state index < -0.39 is 10.0 Å². The summed E-state index contributed by atoms with van der Waals surface area (Å²) in [6.07, 6.45) is 3.66. The van der Waals surface area contributed by atoms with Crippen molar-refractivity contribution in [1.29, 1.82) is 0 Å². The fourth-order valence-corrected chi connectivity index (χ4v) is 7.15. The van der Waals surface area contributed by atoms with Crippen molar-refractivity contribution in [2.24, 2.45) is 11.8 Å². The first-order valence-electron chi connectivity index (χ1n) is 6.24. The normalized spacial score (nSPS) is 28.8. The van der Waals surface area contributed by atoms with Crippen molar-refractivity contribution < 1.29 is 8.42 Å². The van der Waals surface area contributed by atoms with Crippen molar-refractivity contribution in [2.75, 3.05) is 13.1 Å². The number of hydrogen-bond acceptors (Lipinski definition) is 3. The second-order valence-corrected chi connectivity index (χ2v) is 9.79. The summed E-state index contributed by atoms with van der Waals surface area (Å²) < 4.78 is 27.8. The van der Waals surface area contributed by atoms with Crippen molar-refractivity contribution in [3.8, 4) is 0 Å². The third kappa shape index (κ3) is 2.07. The third-order valence-electron chi connectivity index (χ3n) is 4.15. The first-order valence-corrected chi connectivity index (χ1v) is 9.29. The zero-order chi connectivity index (χ0) is 12.9. The maximum Gasteiger partial charge on any atom is 0.244 e. The van der Waals surface area contributed by atoms with Gasteiger partial charge in [-0.2, -0.15) is 4.31 Å². The SMILES string of the molecule is Cc1sc(Br)cc1S(=O)(=O)N1CC2CCCC2C1. The Bertz CT molecular complexity index is 555. The van der Waals surface area contributed by atoms with Crippen molar-refractivity contribution in [3.05, 3.63) is 14.7 Å². The van der Waals surface area contributed by atoms with Crippen molar-refractivity contribution in [2.45, 2.75) is 31.1 Å². The molecule has 0 aromatic carbocycles. The number of halogens is 1. The molecule has 0 bridgehead atoms. The Morgan fingerprint density at radius 3 is 2.44 bits per heavy atom. The van der Waals surface area contributed by atoms with Crippen LogP contribution in [-0.4, -0.2) is 25.8 Å². The summed E-state index contributed by atoms with van der Waals surface area (Å²) in [6.45, 7) is 3.32. The fraction of sp³-hybridized carbons (Fsp3) is 0.667. The van der Waals surface area contributed by atoms with Gasteiger partial charge in [0.1, 0.15) is 0 Å². The Morgan fingerprint density at radius 1 is 1.33 bits per heavy atom. The highest BCUT2D eigenvalue weighted by Gasteiger charge is 2.42. The maximum atomic E-state index is 12.6. The van der Waals surface area contributed by atoms with Crippen LogP contribution in [0.4, 0.5) is 0 Å². The molecule has 2 fully saturated rings. The molecule has 1 saturated carbocycles. The van der Waals surface area contributed by atoms with Gasteiger partial charge in [-0.15, -0.1) is 11.3 Å².